The van der Waals surface area contributed by atoms with Crippen molar-refractivity contribution in [2.75, 3.05) is 6.54 Å². The first kappa shape index (κ1) is 13.1. The van der Waals surface area contributed by atoms with Crippen molar-refractivity contribution < 1.29 is 5.11 Å². The SMILES string of the molecule is Cn1cc(CC(C)(O)CNC(C)(C)C)nn1. The normalized spacial score (nSPS) is 16.1. The lowest BCUT2D eigenvalue weighted by Crippen LogP contribution is -2.47. The maximum atomic E-state index is 10.2. The van der Waals surface area contributed by atoms with Gasteiger partial charge in [-0.05, 0) is 27.7 Å². The average molecular weight is 226 g/mol. The van der Waals surface area contributed by atoms with Crippen LogP contribution < -0.4 is 5.32 Å². The Balaban J connectivity index is 2.51. The quantitative estimate of drug-likeness (QED) is 0.784. The highest BCUT2D eigenvalue weighted by molar-refractivity contribution is 4.99. The molecule has 1 aromatic heterocycles. The summed E-state index contributed by atoms with van der Waals surface area (Å²) in [6, 6.07) is 0. The first-order chi connectivity index (χ1) is 7.18. The Morgan fingerprint density at radius 3 is 2.44 bits per heavy atom. The molecule has 0 bridgehead atoms. The summed E-state index contributed by atoms with van der Waals surface area (Å²) in [5, 5.41) is 21.3. The number of nitrogens with one attached hydrogen (secondary N) is 1. The molecular formula is C11H22N4O. The van der Waals surface area contributed by atoms with Crippen LogP contribution in [0.15, 0.2) is 6.20 Å². The number of hydrogen-bond acceptors (Lipinski definition) is 4. The fraction of sp³-hybridized carbons (Fsp3) is 0.818. The highest BCUT2D eigenvalue weighted by atomic mass is 16.3. The van der Waals surface area contributed by atoms with Gasteiger partial charge in [0.15, 0.2) is 0 Å². The van der Waals surface area contributed by atoms with Gasteiger partial charge in [0.25, 0.3) is 0 Å². The van der Waals surface area contributed by atoms with Crippen LogP contribution in [0.5, 0.6) is 0 Å². The lowest BCUT2D eigenvalue weighted by molar-refractivity contribution is 0.0525. The molecule has 0 aliphatic carbocycles. The summed E-state index contributed by atoms with van der Waals surface area (Å²) in [5.41, 5.74) is 0.0126. The van der Waals surface area contributed by atoms with Gasteiger partial charge in [0.05, 0.1) is 11.3 Å². The van der Waals surface area contributed by atoms with Crippen molar-refractivity contribution >= 4 is 0 Å². The second kappa shape index (κ2) is 4.51. The molecule has 0 aliphatic rings. The molecule has 0 spiro atoms. The van der Waals surface area contributed by atoms with E-state index in [2.05, 4.69) is 36.4 Å². The third-order valence-corrected chi connectivity index (χ3v) is 2.21. The van der Waals surface area contributed by atoms with E-state index >= 15 is 0 Å². The standard InChI is InChI=1S/C11H22N4O/c1-10(2,3)12-8-11(4,16)6-9-7-15(5)14-13-9/h7,12,16H,6,8H2,1-5H3. The molecule has 2 N–H and O–H groups in total. The number of hydrogen-bond donors (Lipinski definition) is 2. The maximum absolute atomic E-state index is 10.2. The molecule has 0 aromatic carbocycles. The van der Waals surface area contributed by atoms with Crippen molar-refractivity contribution in [1.82, 2.24) is 20.3 Å². The Morgan fingerprint density at radius 2 is 2.00 bits per heavy atom. The maximum Gasteiger partial charge on any atom is 0.0856 e. The van der Waals surface area contributed by atoms with E-state index < -0.39 is 5.60 Å². The number of nitrogens with zero attached hydrogens (tertiary/aromatic N) is 3. The number of aliphatic hydroxyl groups is 1. The molecule has 0 fully saturated rings. The average Bonchev–Trinajstić information content (AvgIpc) is 2.46. The molecule has 1 atom stereocenters. The second-order valence-corrected chi connectivity index (χ2v) is 5.66. The number of aromatic nitrogens is 3. The predicted octanol–water partition coefficient (Wildman–Crippen LogP) is 0.497. The fourth-order valence-electron chi connectivity index (χ4n) is 1.38. The first-order valence-electron chi connectivity index (χ1n) is 5.51. The highest BCUT2D eigenvalue weighted by Crippen LogP contribution is 2.11. The van der Waals surface area contributed by atoms with E-state index in [0.717, 1.165) is 5.69 Å². The molecule has 0 aliphatic heterocycles. The number of aryl methyl sites for hydroxylation is 1. The lowest BCUT2D eigenvalue weighted by Gasteiger charge is -2.28. The van der Waals surface area contributed by atoms with Crippen LogP contribution >= 0.6 is 0 Å². The Hall–Kier alpha value is -0.940. The van der Waals surface area contributed by atoms with Crippen LogP contribution in [-0.4, -0.2) is 37.8 Å². The van der Waals surface area contributed by atoms with Gasteiger partial charge in [-0.15, -0.1) is 5.10 Å². The molecule has 92 valence electrons. The summed E-state index contributed by atoms with van der Waals surface area (Å²) in [4.78, 5) is 0. The molecular weight excluding hydrogens is 204 g/mol. The number of rotatable bonds is 4. The van der Waals surface area contributed by atoms with Crippen molar-refractivity contribution in [1.29, 1.82) is 0 Å². The topological polar surface area (TPSA) is 63.0 Å². The van der Waals surface area contributed by atoms with Crippen molar-refractivity contribution in [3.8, 4) is 0 Å². The Kier molecular flexibility index (Phi) is 3.70. The predicted molar refractivity (Wildman–Crippen MR) is 63.1 cm³/mol. The van der Waals surface area contributed by atoms with Crippen molar-refractivity contribution in [3.63, 3.8) is 0 Å². The minimum Gasteiger partial charge on any atom is -0.388 e. The molecule has 0 saturated heterocycles. The molecule has 1 heterocycles. The van der Waals surface area contributed by atoms with Gasteiger partial charge in [-0.3, -0.25) is 4.68 Å². The molecule has 5 nitrogen and oxygen atoms in total. The summed E-state index contributed by atoms with van der Waals surface area (Å²) in [6.45, 7) is 8.57. The zero-order valence-corrected chi connectivity index (χ0v) is 10.8. The summed E-state index contributed by atoms with van der Waals surface area (Å²) in [7, 11) is 1.82. The smallest absolute Gasteiger partial charge is 0.0856 e. The van der Waals surface area contributed by atoms with Crippen molar-refractivity contribution in [2.45, 2.75) is 45.3 Å². The number of β-amino-alcohol motifs (C(OH)–C–C–N with tert-alkyl or cyclic N) is 1. The monoisotopic (exact) mass is 226 g/mol. The van der Waals surface area contributed by atoms with Gasteiger partial charge < -0.3 is 10.4 Å². The summed E-state index contributed by atoms with van der Waals surface area (Å²) in [6.07, 6.45) is 2.33. The molecule has 5 heteroatoms. The van der Waals surface area contributed by atoms with Crippen LogP contribution in [0.25, 0.3) is 0 Å². The molecule has 1 rings (SSSR count). The van der Waals surface area contributed by atoms with Gasteiger partial charge in [0.1, 0.15) is 0 Å². The highest BCUT2D eigenvalue weighted by Gasteiger charge is 2.24. The summed E-state index contributed by atoms with van der Waals surface area (Å²) >= 11 is 0. The lowest BCUT2D eigenvalue weighted by atomic mass is 9.98. The molecule has 0 radical (unpaired) electrons. The van der Waals surface area contributed by atoms with E-state index in [9.17, 15) is 5.11 Å². The van der Waals surface area contributed by atoms with E-state index in [1.165, 1.54) is 0 Å². The summed E-state index contributed by atoms with van der Waals surface area (Å²) < 4.78 is 1.64. The minimum atomic E-state index is -0.802. The first-order valence-corrected chi connectivity index (χ1v) is 5.51. The fourth-order valence-corrected chi connectivity index (χ4v) is 1.38. The van der Waals surface area contributed by atoms with E-state index in [1.807, 2.05) is 13.2 Å². The Morgan fingerprint density at radius 1 is 1.38 bits per heavy atom. The van der Waals surface area contributed by atoms with Gasteiger partial charge in [0.2, 0.25) is 0 Å². The minimum absolute atomic E-state index is 0.00631. The molecule has 0 amide bonds. The van der Waals surface area contributed by atoms with Crippen LogP contribution in [0, 0.1) is 0 Å². The van der Waals surface area contributed by atoms with E-state index in [4.69, 9.17) is 0 Å². The van der Waals surface area contributed by atoms with Gasteiger partial charge in [0, 0.05) is 31.7 Å². The molecule has 1 aromatic rings. The third kappa shape index (κ3) is 4.72. The molecule has 1 unspecified atom stereocenters. The van der Waals surface area contributed by atoms with Crippen LogP contribution in [0.1, 0.15) is 33.4 Å². The largest absolute Gasteiger partial charge is 0.388 e. The van der Waals surface area contributed by atoms with Crippen LogP contribution in [-0.2, 0) is 13.5 Å². The van der Waals surface area contributed by atoms with E-state index in [1.54, 1.807) is 11.6 Å². The Labute approximate surface area is 96.9 Å². The van der Waals surface area contributed by atoms with Gasteiger partial charge >= 0.3 is 0 Å². The van der Waals surface area contributed by atoms with Crippen LogP contribution in [0.4, 0.5) is 0 Å². The Bertz CT molecular complexity index is 338. The zero-order valence-electron chi connectivity index (χ0n) is 10.8. The summed E-state index contributed by atoms with van der Waals surface area (Å²) in [5.74, 6) is 0. The third-order valence-electron chi connectivity index (χ3n) is 2.21. The van der Waals surface area contributed by atoms with E-state index in [0.29, 0.717) is 13.0 Å². The molecule has 16 heavy (non-hydrogen) atoms. The van der Waals surface area contributed by atoms with Crippen molar-refractivity contribution in [2.24, 2.45) is 7.05 Å². The van der Waals surface area contributed by atoms with Gasteiger partial charge in [-0.2, -0.15) is 0 Å². The second-order valence-electron chi connectivity index (χ2n) is 5.66. The van der Waals surface area contributed by atoms with Crippen molar-refractivity contribution in [3.05, 3.63) is 11.9 Å². The van der Waals surface area contributed by atoms with Gasteiger partial charge in [-0.25, -0.2) is 0 Å². The zero-order chi connectivity index (χ0) is 12.4. The van der Waals surface area contributed by atoms with E-state index in [-0.39, 0.29) is 5.54 Å². The molecule has 0 saturated carbocycles. The van der Waals surface area contributed by atoms with Crippen LogP contribution in [0.3, 0.4) is 0 Å². The van der Waals surface area contributed by atoms with Gasteiger partial charge in [-0.1, -0.05) is 5.21 Å². The van der Waals surface area contributed by atoms with Crippen LogP contribution in [0.2, 0.25) is 0 Å².